The largest absolute Gasteiger partial charge is 0.494 e. The number of nitrogens with one attached hydrogen (secondary N) is 1. The summed E-state index contributed by atoms with van der Waals surface area (Å²) in [7, 11) is 0. The topological polar surface area (TPSA) is 105 Å². The number of carbonyl (C=O) groups is 3. The summed E-state index contributed by atoms with van der Waals surface area (Å²) in [4.78, 5) is 40.2. The summed E-state index contributed by atoms with van der Waals surface area (Å²) in [5, 5.41) is 3.25. The molecule has 0 aliphatic carbocycles. The minimum absolute atomic E-state index is 0.00101. The number of hydrogen-bond donors (Lipinski definition) is 2. The molecule has 2 fully saturated rings. The van der Waals surface area contributed by atoms with Crippen LogP contribution in [0.5, 0.6) is 5.75 Å². The smallest absolute Gasteiger partial charge is 0.251 e. The molecule has 3 N–H and O–H groups in total. The van der Waals surface area contributed by atoms with Crippen molar-refractivity contribution >= 4 is 23.4 Å². The highest BCUT2D eigenvalue weighted by Gasteiger charge is 2.39. The minimum atomic E-state index is -0.479. The van der Waals surface area contributed by atoms with Crippen LogP contribution in [0.4, 0.5) is 5.69 Å². The van der Waals surface area contributed by atoms with Gasteiger partial charge in [-0.15, -0.1) is 0 Å². The molecule has 3 amide bonds. The van der Waals surface area contributed by atoms with E-state index in [2.05, 4.69) is 17.1 Å². The number of imide groups is 1. The van der Waals surface area contributed by atoms with E-state index in [-0.39, 0.29) is 30.1 Å². The van der Waals surface area contributed by atoms with Crippen LogP contribution < -0.4 is 20.7 Å². The van der Waals surface area contributed by atoms with E-state index in [1.807, 2.05) is 12.1 Å². The average molecular weight is 459 g/mol. The second-order valence-corrected chi connectivity index (χ2v) is 9.05. The first-order chi connectivity index (χ1) is 16.0. The maximum atomic E-state index is 12.8. The minimum Gasteiger partial charge on any atom is -0.494 e. The van der Waals surface area contributed by atoms with E-state index in [1.54, 1.807) is 12.1 Å². The van der Waals surface area contributed by atoms with Crippen LogP contribution in [0.1, 0.15) is 58.3 Å². The molecule has 1 unspecified atom stereocenters. The molecule has 2 aliphatic rings. The van der Waals surface area contributed by atoms with Crippen molar-refractivity contribution in [3.05, 3.63) is 24.3 Å². The molecule has 2 saturated heterocycles. The lowest BCUT2D eigenvalue weighted by Crippen LogP contribution is -2.41. The Morgan fingerprint density at radius 2 is 1.82 bits per heavy atom. The van der Waals surface area contributed by atoms with Gasteiger partial charge in [-0.1, -0.05) is 26.2 Å². The van der Waals surface area contributed by atoms with E-state index < -0.39 is 6.04 Å². The van der Waals surface area contributed by atoms with Crippen LogP contribution in [0.2, 0.25) is 0 Å². The lowest BCUT2D eigenvalue weighted by Gasteiger charge is -2.30. The number of amides is 3. The molecule has 1 aromatic carbocycles. The summed E-state index contributed by atoms with van der Waals surface area (Å²) < 4.78 is 5.75. The van der Waals surface area contributed by atoms with Gasteiger partial charge < -0.3 is 20.7 Å². The van der Waals surface area contributed by atoms with Gasteiger partial charge in [0.05, 0.1) is 24.8 Å². The van der Waals surface area contributed by atoms with Crippen molar-refractivity contribution in [2.24, 2.45) is 11.7 Å². The van der Waals surface area contributed by atoms with Gasteiger partial charge in [-0.3, -0.25) is 14.4 Å². The predicted molar refractivity (Wildman–Crippen MR) is 128 cm³/mol. The fourth-order valence-corrected chi connectivity index (χ4v) is 4.49. The van der Waals surface area contributed by atoms with Gasteiger partial charge in [0.2, 0.25) is 11.8 Å². The third kappa shape index (κ3) is 7.27. The number of primary amides is 1. The van der Waals surface area contributed by atoms with Crippen molar-refractivity contribution in [1.29, 1.82) is 0 Å². The highest BCUT2D eigenvalue weighted by Crippen LogP contribution is 2.25. The van der Waals surface area contributed by atoms with Crippen molar-refractivity contribution in [2.45, 2.75) is 64.3 Å². The fraction of sp³-hybridized carbons (Fsp3) is 0.640. The average Bonchev–Trinajstić information content (AvgIpc) is 3.10. The summed E-state index contributed by atoms with van der Waals surface area (Å²) in [6, 6.07) is 6.70. The Bertz CT molecular complexity index is 790. The first-order valence-electron chi connectivity index (χ1n) is 12.3. The molecule has 8 heteroatoms. The van der Waals surface area contributed by atoms with Crippen LogP contribution in [0, 0.1) is 5.92 Å². The third-order valence-electron chi connectivity index (χ3n) is 6.54. The molecule has 2 heterocycles. The van der Waals surface area contributed by atoms with Crippen molar-refractivity contribution < 1.29 is 19.1 Å². The van der Waals surface area contributed by atoms with E-state index in [0.717, 1.165) is 57.5 Å². The van der Waals surface area contributed by atoms with Crippen LogP contribution in [0.3, 0.4) is 0 Å². The monoisotopic (exact) mass is 458 g/mol. The van der Waals surface area contributed by atoms with Crippen LogP contribution in [-0.2, 0) is 14.4 Å². The zero-order valence-electron chi connectivity index (χ0n) is 19.8. The molecule has 0 spiro atoms. The quantitative estimate of drug-likeness (QED) is 0.348. The van der Waals surface area contributed by atoms with Gasteiger partial charge in [0.25, 0.3) is 5.91 Å². The second kappa shape index (κ2) is 12.7. The number of likely N-dealkylation sites (tertiary alicyclic amines) is 1. The zero-order chi connectivity index (χ0) is 23.6. The number of ether oxygens (including phenoxy) is 1. The summed E-state index contributed by atoms with van der Waals surface area (Å²) in [6.07, 6.45) is 7.28. The summed E-state index contributed by atoms with van der Waals surface area (Å²) >= 11 is 0. The number of anilines is 1. The van der Waals surface area contributed by atoms with E-state index in [9.17, 15) is 14.4 Å². The lowest BCUT2D eigenvalue weighted by molar-refractivity contribution is -0.123. The van der Waals surface area contributed by atoms with Gasteiger partial charge in [0.15, 0.2) is 0 Å². The first kappa shape index (κ1) is 25.2. The number of rotatable bonds is 13. The standard InChI is InChI=1S/C25H38N4O4/c1-2-3-4-5-17-33-21-9-7-20(8-10-21)29-23(30)18-22(25(29)32)27-13-6-14-28-15-11-19(12-16-28)24(26)31/h7-10,19,22,27H,2-6,11-18H2,1H3,(H2,26,31). The Hall–Kier alpha value is -2.45. The van der Waals surface area contributed by atoms with E-state index >= 15 is 0 Å². The van der Waals surface area contributed by atoms with E-state index in [1.165, 1.54) is 17.7 Å². The molecule has 8 nitrogen and oxygen atoms in total. The number of hydrogen-bond acceptors (Lipinski definition) is 6. The molecule has 3 rings (SSSR count). The molecule has 33 heavy (non-hydrogen) atoms. The highest BCUT2D eigenvalue weighted by atomic mass is 16.5. The SMILES string of the molecule is CCCCCCOc1ccc(N2C(=O)CC(NCCCN3CCC(C(N)=O)CC3)C2=O)cc1. The number of piperidine rings is 1. The zero-order valence-corrected chi connectivity index (χ0v) is 19.8. The Kier molecular flexibility index (Phi) is 9.69. The summed E-state index contributed by atoms with van der Waals surface area (Å²) in [5.41, 5.74) is 5.97. The number of carbonyl (C=O) groups excluding carboxylic acids is 3. The number of benzene rings is 1. The second-order valence-electron chi connectivity index (χ2n) is 9.05. The maximum Gasteiger partial charge on any atom is 0.251 e. The van der Waals surface area contributed by atoms with Crippen molar-refractivity contribution in [3.8, 4) is 5.75 Å². The molecule has 0 radical (unpaired) electrons. The molecular weight excluding hydrogens is 420 g/mol. The summed E-state index contributed by atoms with van der Waals surface area (Å²) in [5.74, 6) is 0.174. The maximum absolute atomic E-state index is 12.8. The predicted octanol–water partition coefficient (Wildman–Crippen LogP) is 2.45. The van der Waals surface area contributed by atoms with Crippen LogP contribution >= 0.6 is 0 Å². The van der Waals surface area contributed by atoms with Gasteiger partial charge in [-0.05, 0) is 76.1 Å². The van der Waals surface area contributed by atoms with Gasteiger partial charge in [0.1, 0.15) is 5.75 Å². The molecule has 1 atom stereocenters. The van der Waals surface area contributed by atoms with Crippen molar-refractivity contribution in [3.63, 3.8) is 0 Å². The Morgan fingerprint density at radius 1 is 1.09 bits per heavy atom. The normalized spacial score (nSPS) is 19.9. The summed E-state index contributed by atoms with van der Waals surface area (Å²) in [6.45, 7) is 6.17. The fourth-order valence-electron chi connectivity index (χ4n) is 4.49. The van der Waals surface area contributed by atoms with E-state index in [0.29, 0.717) is 18.8 Å². The third-order valence-corrected chi connectivity index (χ3v) is 6.54. The van der Waals surface area contributed by atoms with Gasteiger partial charge in [-0.2, -0.15) is 0 Å². The molecule has 1 aromatic rings. The van der Waals surface area contributed by atoms with Crippen LogP contribution in [0.15, 0.2) is 24.3 Å². The molecular formula is C25H38N4O4. The Morgan fingerprint density at radius 3 is 2.48 bits per heavy atom. The highest BCUT2D eigenvalue weighted by molar-refractivity contribution is 6.22. The van der Waals surface area contributed by atoms with Gasteiger partial charge >= 0.3 is 0 Å². The van der Waals surface area contributed by atoms with Crippen molar-refractivity contribution in [1.82, 2.24) is 10.2 Å². The van der Waals surface area contributed by atoms with Crippen LogP contribution in [-0.4, -0.2) is 61.4 Å². The van der Waals surface area contributed by atoms with Crippen molar-refractivity contribution in [2.75, 3.05) is 37.7 Å². The van der Waals surface area contributed by atoms with Gasteiger partial charge in [0, 0.05) is 5.92 Å². The lowest BCUT2D eigenvalue weighted by atomic mass is 9.96. The molecule has 0 bridgehead atoms. The Labute approximate surface area is 196 Å². The number of nitrogens with zero attached hydrogens (tertiary/aromatic N) is 2. The Balaban J connectivity index is 1.39. The van der Waals surface area contributed by atoms with E-state index in [4.69, 9.17) is 10.5 Å². The molecule has 0 saturated carbocycles. The van der Waals surface area contributed by atoms with Gasteiger partial charge in [-0.25, -0.2) is 4.90 Å². The van der Waals surface area contributed by atoms with Crippen LogP contribution in [0.25, 0.3) is 0 Å². The molecule has 0 aromatic heterocycles. The number of unbranched alkanes of at least 4 members (excludes halogenated alkanes) is 3. The first-order valence-corrected chi connectivity index (χ1v) is 12.3. The molecule has 2 aliphatic heterocycles. The number of nitrogens with two attached hydrogens (primary N) is 1. The molecule has 182 valence electrons.